The maximum absolute atomic E-state index is 12.1. The SMILES string of the molecule is Cc1ccc(NC(=O)c2ccc(Cl)cc2O)c(C(=O)O)c1. The molecule has 5 nitrogen and oxygen atoms in total. The smallest absolute Gasteiger partial charge is 0.337 e. The first-order valence-electron chi connectivity index (χ1n) is 6.02. The molecule has 0 aliphatic heterocycles. The summed E-state index contributed by atoms with van der Waals surface area (Å²) < 4.78 is 0. The van der Waals surface area contributed by atoms with Gasteiger partial charge in [-0.3, -0.25) is 4.79 Å². The maximum Gasteiger partial charge on any atom is 0.337 e. The number of amides is 1. The van der Waals surface area contributed by atoms with Crippen molar-refractivity contribution in [1.82, 2.24) is 0 Å². The highest BCUT2D eigenvalue weighted by atomic mass is 35.5. The van der Waals surface area contributed by atoms with E-state index in [0.717, 1.165) is 5.56 Å². The molecule has 2 aromatic carbocycles. The van der Waals surface area contributed by atoms with Gasteiger partial charge in [-0.2, -0.15) is 0 Å². The Hall–Kier alpha value is -2.53. The zero-order valence-electron chi connectivity index (χ0n) is 11.1. The molecule has 0 aromatic heterocycles. The van der Waals surface area contributed by atoms with E-state index < -0.39 is 11.9 Å². The summed E-state index contributed by atoms with van der Waals surface area (Å²) in [7, 11) is 0. The highest BCUT2D eigenvalue weighted by Crippen LogP contribution is 2.24. The molecule has 0 saturated heterocycles. The molecular formula is C15H12ClNO4. The number of hydrogen-bond acceptors (Lipinski definition) is 3. The second kappa shape index (κ2) is 5.85. The lowest BCUT2D eigenvalue weighted by molar-refractivity contribution is 0.0698. The minimum absolute atomic E-state index is 0.0105. The van der Waals surface area contributed by atoms with Gasteiger partial charge in [0, 0.05) is 5.02 Å². The third-order valence-electron chi connectivity index (χ3n) is 2.86. The number of carboxylic acid groups (broad SMARTS) is 1. The number of aromatic hydroxyl groups is 1. The van der Waals surface area contributed by atoms with E-state index in [-0.39, 0.29) is 22.6 Å². The van der Waals surface area contributed by atoms with Crippen LogP contribution in [0.3, 0.4) is 0 Å². The largest absolute Gasteiger partial charge is 0.507 e. The molecule has 0 atom stereocenters. The van der Waals surface area contributed by atoms with Crippen LogP contribution >= 0.6 is 11.6 Å². The van der Waals surface area contributed by atoms with Crippen LogP contribution in [0.5, 0.6) is 5.75 Å². The monoisotopic (exact) mass is 305 g/mol. The summed E-state index contributed by atoms with van der Waals surface area (Å²) in [4.78, 5) is 23.3. The van der Waals surface area contributed by atoms with Gasteiger partial charge in [-0.1, -0.05) is 23.2 Å². The molecule has 108 valence electrons. The van der Waals surface area contributed by atoms with Crippen LogP contribution in [-0.4, -0.2) is 22.1 Å². The van der Waals surface area contributed by atoms with E-state index >= 15 is 0 Å². The number of benzene rings is 2. The Kier molecular flexibility index (Phi) is 4.14. The van der Waals surface area contributed by atoms with Gasteiger partial charge in [0.1, 0.15) is 5.75 Å². The fourth-order valence-corrected chi connectivity index (χ4v) is 2.00. The minimum Gasteiger partial charge on any atom is -0.507 e. The van der Waals surface area contributed by atoms with Gasteiger partial charge in [-0.15, -0.1) is 0 Å². The Balaban J connectivity index is 2.34. The summed E-state index contributed by atoms with van der Waals surface area (Å²) in [5.41, 5.74) is 0.917. The number of phenols is 1. The third kappa shape index (κ3) is 3.32. The normalized spacial score (nSPS) is 10.2. The van der Waals surface area contributed by atoms with Gasteiger partial charge in [0.2, 0.25) is 0 Å². The third-order valence-corrected chi connectivity index (χ3v) is 3.09. The number of aryl methyl sites for hydroxylation is 1. The van der Waals surface area contributed by atoms with Crippen molar-refractivity contribution in [3.05, 3.63) is 58.1 Å². The fourth-order valence-electron chi connectivity index (χ4n) is 1.83. The number of carboxylic acids is 1. The van der Waals surface area contributed by atoms with E-state index in [1.807, 2.05) is 0 Å². The van der Waals surface area contributed by atoms with Crippen molar-refractivity contribution in [2.24, 2.45) is 0 Å². The van der Waals surface area contributed by atoms with Crippen LogP contribution in [0.25, 0.3) is 0 Å². The Morgan fingerprint density at radius 1 is 1.10 bits per heavy atom. The maximum atomic E-state index is 12.1. The van der Waals surface area contributed by atoms with E-state index in [0.29, 0.717) is 5.02 Å². The van der Waals surface area contributed by atoms with Crippen molar-refractivity contribution in [3.63, 3.8) is 0 Å². The Morgan fingerprint density at radius 2 is 1.81 bits per heavy atom. The molecule has 6 heteroatoms. The first kappa shape index (κ1) is 14.9. The number of carbonyl (C=O) groups is 2. The predicted octanol–water partition coefficient (Wildman–Crippen LogP) is 3.30. The molecule has 3 N–H and O–H groups in total. The van der Waals surface area contributed by atoms with Crippen LogP contribution in [0.2, 0.25) is 5.02 Å². The van der Waals surface area contributed by atoms with Crippen molar-refractivity contribution in [3.8, 4) is 5.75 Å². The van der Waals surface area contributed by atoms with Crippen molar-refractivity contribution in [2.75, 3.05) is 5.32 Å². The number of aromatic carboxylic acids is 1. The Morgan fingerprint density at radius 3 is 2.43 bits per heavy atom. The molecule has 2 rings (SSSR count). The molecule has 0 aliphatic rings. The van der Waals surface area contributed by atoms with Crippen molar-refractivity contribution in [2.45, 2.75) is 6.92 Å². The second-order valence-corrected chi connectivity index (χ2v) is 4.91. The second-order valence-electron chi connectivity index (χ2n) is 4.47. The van der Waals surface area contributed by atoms with Gasteiger partial charge < -0.3 is 15.5 Å². The van der Waals surface area contributed by atoms with Crippen LogP contribution in [0.1, 0.15) is 26.3 Å². The average molecular weight is 306 g/mol. The number of anilines is 1. The first-order chi connectivity index (χ1) is 9.88. The summed E-state index contributed by atoms with van der Waals surface area (Å²) >= 11 is 5.70. The molecule has 0 saturated carbocycles. The molecule has 0 unspecified atom stereocenters. The Bertz CT molecular complexity index is 728. The van der Waals surface area contributed by atoms with Gasteiger partial charge in [-0.25, -0.2) is 4.79 Å². The van der Waals surface area contributed by atoms with Crippen LogP contribution in [-0.2, 0) is 0 Å². The van der Waals surface area contributed by atoms with Crippen molar-refractivity contribution >= 4 is 29.2 Å². The number of hydrogen-bond donors (Lipinski definition) is 3. The first-order valence-corrected chi connectivity index (χ1v) is 6.40. The zero-order valence-corrected chi connectivity index (χ0v) is 11.8. The van der Waals surface area contributed by atoms with Gasteiger partial charge in [0.25, 0.3) is 5.91 Å². The van der Waals surface area contributed by atoms with E-state index in [1.54, 1.807) is 13.0 Å². The van der Waals surface area contributed by atoms with E-state index in [4.69, 9.17) is 16.7 Å². The summed E-state index contributed by atoms with van der Waals surface area (Å²) in [5.74, 6) is -2.03. The topological polar surface area (TPSA) is 86.6 Å². The lowest BCUT2D eigenvalue weighted by Crippen LogP contribution is -2.15. The molecule has 0 spiro atoms. The molecule has 0 radical (unpaired) electrons. The van der Waals surface area contributed by atoms with Crippen LogP contribution < -0.4 is 5.32 Å². The van der Waals surface area contributed by atoms with Crippen LogP contribution in [0.4, 0.5) is 5.69 Å². The fraction of sp³-hybridized carbons (Fsp3) is 0.0667. The molecule has 1 amide bonds. The highest BCUT2D eigenvalue weighted by molar-refractivity contribution is 6.31. The summed E-state index contributed by atoms with van der Waals surface area (Å²) in [6, 6.07) is 8.71. The lowest BCUT2D eigenvalue weighted by Gasteiger charge is -2.10. The molecule has 0 fully saturated rings. The minimum atomic E-state index is -1.14. The van der Waals surface area contributed by atoms with Gasteiger partial charge >= 0.3 is 5.97 Å². The van der Waals surface area contributed by atoms with E-state index in [9.17, 15) is 14.7 Å². The van der Waals surface area contributed by atoms with E-state index in [2.05, 4.69) is 5.32 Å². The molecule has 0 aliphatic carbocycles. The predicted molar refractivity (Wildman–Crippen MR) is 79.2 cm³/mol. The zero-order chi connectivity index (χ0) is 15.6. The van der Waals surface area contributed by atoms with Gasteiger partial charge in [-0.05, 0) is 37.3 Å². The Labute approximate surface area is 125 Å². The molecule has 21 heavy (non-hydrogen) atoms. The number of halogens is 1. The van der Waals surface area contributed by atoms with Crippen molar-refractivity contribution < 1.29 is 19.8 Å². The summed E-state index contributed by atoms with van der Waals surface area (Å²) in [6.07, 6.45) is 0. The van der Waals surface area contributed by atoms with E-state index in [1.165, 1.54) is 30.3 Å². The lowest BCUT2D eigenvalue weighted by atomic mass is 10.1. The number of carbonyl (C=O) groups excluding carboxylic acids is 1. The van der Waals surface area contributed by atoms with Crippen molar-refractivity contribution in [1.29, 1.82) is 0 Å². The molecular weight excluding hydrogens is 294 g/mol. The molecule has 0 heterocycles. The van der Waals surface area contributed by atoms with Crippen LogP contribution in [0, 0.1) is 6.92 Å². The number of phenolic OH excluding ortho intramolecular Hbond substituents is 1. The highest BCUT2D eigenvalue weighted by Gasteiger charge is 2.16. The quantitative estimate of drug-likeness (QED) is 0.812. The number of rotatable bonds is 3. The van der Waals surface area contributed by atoms with Crippen LogP contribution in [0.15, 0.2) is 36.4 Å². The van der Waals surface area contributed by atoms with Gasteiger partial charge in [0.15, 0.2) is 0 Å². The standard InChI is InChI=1S/C15H12ClNO4/c1-8-2-5-12(11(6-8)15(20)21)17-14(19)10-4-3-9(16)7-13(10)18/h2-7,18H,1H3,(H,17,19)(H,20,21). The summed E-state index contributed by atoms with van der Waals surface area (Å²) in [6.45, 7) is 1.75. The number of nitrogens with one attached hydrogen (secondary N) is 1. The average Bonchev–Trinajstić information content (AvgIpc) is 2.40. The van der Waals surface area contributed by atoms with Gasteiger partial charge in [0.05, 0.1) is 16.8 Å². The molecule has 0 bridgehead atoms. The summed E-state index contributed by atoms with van der Waals surface area (Å²) in [5, 5.41) is 21.6. The molecule has 2 aromatic rings.